The van der Waals surface area contributed by atoms with Gasteiger partial charge in [-0.3, -0.25) is 30.2 Å². The van der Waals surface area contributed by atoms with Crippen molar-refractivity contribution in [3.63, 3.8) is 0 Å². The molecule has 2 aromatic carbocycles. The first-order valence-corrected chi connectivity index (χ1v) is 9.73. The molecule has 0 unspecified atom stereocenters. The van der Waals surface area contributed by atoms with Crippen molar-refractivity contribution in [3.05, 3.63) is 70.2 Å². The van der Waals surface area contributed by atoms with Crippen LogP contribution in [0, 0.1) is 6.92 Å². The monoisotopic (exact) mass is 400 g/mol. The maximum absolute atomic E-state index is 12.1. The highest BCUT2D eigenvalue weighted by molar-refractivity contribution is 6.33. The number of rotatable bonds is 5. The van der Waals surface area contributed by atoms with Crippen molar-refractivity contribution in [2.45, 2.75) is 13.5 Å². The van der Waals surface area contributed by atoms with E-state index in [4.69, 9.17) is 11.6 Å². The van der Waals surface area contributed by atoms with Gasteiger partial charge in [0.1, 0.15) is 0 Å². The van der Waals surface area contributed by atoms with Gasteiger partial charge in [0.05, 0.1) is 17.1 Å². The molecule has 0 aliphatic carbocycles. The Kier molecular flexibility index (Phi) is 7.03. The van der Waals surface area contributed by atoms with Crippen LogP contribution in [0.25, 0.3) is 0 Å². The minimum absolute atomic E-state index is 0.243. The summed E-state index contributed by atoms with van der Waals surface area (Å²) in [5.74, 6) is -0.672. The number of carbonyl (C=O) groups is 2. The number of nitrogens with zero attached hydrogens (tertiary/aromatic N) is 2. The average molecular weight is 401 g/mol. The summed E-state index contributed by atoms with van der Waals surface area (Å²) in [7, 11) is 0. The fraction of sp³-hybridized carbons (Fsp3) is 0.333. The number of hydrogen-bond acceptors (Lipinski definition) is 4. The Morgan fingerprint density at radius 1 is 0.964 bits per heavy atom. The molecular weight excluding hydrogens is 376 g/mol. The molecule has 0 saturated carbocycles. The van der Waals surface area contributed by atoms with E-state index in [-0.39, 0.29) is 12.5 Å². The molecule has 2 amide bonds. The van der Waals surface area contributed by atoms with E-state index < -0.39 is 5.91 Å². The van der Waals surface area contributed by atoms with Crippen LogP contribution >= 0.6 is 11.6 Å². The second-order valence-electron chi connectivity index (χ2n) is 7.02. The molecule has 1 saturated heterocycles. The molecule has 1 fully saturated rings. The van der Waals surface area contributed by atoms with E-state index in [1.54, 1.807) is 24.3 Å². The van der Waals surface area contributed by atoms with E-state index in [9.17, 15) is 9.59 Å². The summed E-state index contributed by atoms with van der Waals surface area (Å²) in [5.41, 5.74) is 7.79. The molecule has 28 heavy (non-hydrogen) atoms. The third kappa shape index (κ3) is 5.79. The van der Waals surface area contributed by atoms with E-state index in [1.807, 2.05) is 0 Å². The minimum atomic E-state index is -0.429. The molecule has 2 N–H and O–H groups in total. The summed E-state index contributed by atoms with van der Waals surface area (Å²) < 4.78 is 0. The van der Waals surface area contributed by atoms with Crippen molar-refractivity contribution in [1.29, 1.82) is 0 Å². The average Bonchev–Trinajstić information content (AvgIpc) is 2.68. The maximum atomic E-state index is 12.1. The number of hydrazine groups is 1. The molecular formula is C21H25ClN4O2. The van der Waals surface area contributed by atoms with Gasteiger partial charge < -0.3 is 0 Å². The lowest BCUT2D eigenvalue weighted by atomic mass is 10.1. The molecule has 0 aromatic heterocycles. The zero-order chi connectivity index (χ0) is 19.9. The Morgan fingerprint density at radius 3 is 2.39 bits per heavy atom. The first-order chi connectivity index (χ1) is 13.5. The normalized spacial score (nSPS) is 15.2. The minimum Gasteiger partial charge on any atom is -0.297 e. The highest BCUT2D eigenvalue weighted by Gasteiger charge is 2.19. The topological polar surface area (TPSA) is 64.7 Å². The number of benzene rings is 2. The third-order valence-corrected chi connectivity index (χ3v) is 5.08. The van der Waals surface area contributed by atoms with Crippen LogP contribution < -0.4 is 10.9 Å². The van der Waals surface area contributed by atoms with Gasteiger partial charge in [0.25, 0.3) is 11.8 Å². The fourth-order valence-corrected chi connectivity index (χ4v) is 3.48. The Bertz CT molecular complexity index is 835. The zero-order valence-corrected chi connectivity index (χ0v) is 16.7. The van der Waals surface area contributed by atoms with Crippen LogP contribution in [0.2, 0.25) is 5.02 Å². The maximum Gasteiger partial charge on any atom is 0.271 e. The Morgan fingerprint density at radius 2 is 1.68 bits per heavy atom. The molecule has 3 rings (SSSR count). The van der Waals surface area contributed by atoms with Crippen LogP contribution in [0.15, 0.2) is 48.5 Å². The van der Waals surface area contributed by atoms with Crippen LogP contribution in [0.3, 0.4) is 0 Å². The summed E-state index contributed by atoms with van der Waals surface area (Å²) in [6, 6.07) is 15.3. The Hall–Kier alpha value is -2.41. The highest BCUT2D eigenvalue weighted by atomic mass is 35.5. The van der Waals surface area contributed by atoms with E-state index in [0.29, 0.717) is 10.6 Å². The number of aryl methyl sites for hydroxylation is 1. The van der Waals surface area contributed by atoms with Crippen molar-refractivity contribution in [3.8, 4) is 0 Å². The predicted molar refractivity (Wildman–Crippen MR) is 110 cm³/mol. The van der Waals surface area contributed by atoms with E-state index in [1.165, 1.54) is 11.1 Å². The molecule has 0 atom stereocenters. The summed E-state index contributed by atoms with van der Waals surface area (Å²) in [6.07, 6.45) is 0. The standard InChI is InChI=1S/C21H25ClN4O2/c1-16-5-4-6-17(13-16)14-25-9-11-26(12-10-25)15-20(27)23-24-21(28)18-7-2-3-8-19(18)22/h2-8,13H,9-12,14-15H2,1H3,(H,23,27)(H,24,28). The SMILES string of the molecule is Cc1cccc(CN2CCN(CC(=O)NNC(=O)c3ccccc3Cl)CC2)c1. The molecule has 0 radical (unpaired) electrons. The molecule has 7 heteroatoms. The second-order valence-corrected chi connectivity index (χ2v) is 7.43. The summed E-state index contributed by atoms with van der Waals surface area (Å²) >= 11 is 5.98. The first kappa shape index (κ1) is 20.3. The van der Waals surface area contributed by atoms with E-state index >= 15 is 0 Å². The Labute approximate surface area is 170 Å². The van der Waals surface area contributed by atoms with Gasteiger partial charge in [-0.1, -0.05) is 53.6 Å². The van der Waals surface area contributed by atoms with Crippen molar-refractivity contribution >= 4 is 23.4 Å². The molecule has 0 bridgehead atoms. The van der Waals surface area contributed by atoms with Crippen LogP contribution in [-0.2, 0) is 11.3 Å². The quantitative estimate of drug-likeness (QED) is 0.755. The van der Waals surface area contributed by atoms with Gasteiger partial charge in [0, 0.05) is 32.7 Å². The van der Waals surface area contributed by atoms with Crippen LogP contribution in [-0.4, -0.2) is 54.3 Å². The fourth-order valence-electron chi connectivity index (χ4n) is 3.26. The van der Waals surface area contributed by atoms with Crippen molar-refractivity contribution < 1.29 is 9.59 Å². The van der Waals surface area contributed by atoms with Gasteiger partial charge >= 0.3 is 0 Å². The molecule has 6 nitrogen and oxygen atoms in total. The lowest BCUT2D eigenvalue weighted by Gasteiger charge is -2.34. The molecule has 1 aliphatic heterocycles. The van der Waals surface area contributed by atoms with Crippen LogP contribution in [0.4, 0.5) is 0 Å². The number of piperazine rings is 1. The number of amides is 2. The van der Waals surface area contributed by atoms with Gasteiger partial charge in [-0.15, -0.1) is 0 Å². The predicted octanol–water partition coefficient (Wildman–Crippen LogP) is 2.23. The number of carbonyl (C=O) groups excluding carboxylic acids is 2. The van der Waals surface area contributed by atoms with Crippen LogP contribution in [0.1, 0.15) is 21.5 Å². The lowest BCUT2D eigenvalue weighted by molar-refractivity contribution is -0.123. The number of hydrogen-bond donors (Lipinski definition) is 2. The van der Waals surface area contributed by atoms with Gasteiger partial charge in [-0.2, -0.15) is 0 Å². The van der Waals surface area contributed by atoms with E-state index in [0.717, 1.165) is 32.7 Å². The molecule has 2 aromatic rings. The summed E-state index contributed by atoms with van der Waals surface area (Å²) in [4.78, 5) is 28.7. The number of nitrogens with one attached hydrogen (secondary N) is 2. The number of halogens is 1. The molecule has 1 aliphatic rings. The van der Waals surface area contributed by atoms with Gasteiger partial charge in [0.2, 0.25) is 0 Å². The molecule has 148 valence electrons. The van der Waals surface area contributed by atoms with Gasteiger partial charge in [0.15, 0.2) is 0 Å². The molecule has 1 heterocycles. The third-order valence-electron chi connectivity index (χ3n) is 4.75. The van der Waals surface area contributed by atoms with Crippen molar-refractivity contribution in [2.24, 2.45) is 0 Å². The highest BCUT2D eigenvalue weighted by Crippen LogP contribution is 2.14. The second kappa shape index (κ2) is 9.68. The van der Waals surface area contributed by atoms with E-state index in [2.05, 4.69) is 51.8 Å². The van der Waals surface area contributed by atoms with Crippen LogP contribution in [0.5, 0.6) is 0 Å². The lowest BCUT2D eigenvalue weighted by Crippen LogP contribution is -2.51. The zero-order valence-electron chi connectivity index (χ0n) is 16.0. The summed E-state index contributed by atoms with van der Waals surface area (Å²) in [6.45, 7) is 6.73. The van der Waals surface area contributed by atoms with Crippen molar-refractivity contribution in [2.75, 3.05) is 32.7 Å². The summed E-state index contributed by atoms with van der Waals surface area (Å²) in [5, 5.41) is 0.346. The van der Waals surface area contributed by atoms with Gasteiger partial charge in [-0.25, -0.2) is 0 Å². The first-order valence-electron chi connectivity index (χ1n) is 9.35. The Balaban J connectivity index is 1.39. The molecule has 0 spiro atoms. The smallest absolute Gasteiger partial charge is 0.271 e. The van der Waals surface area contributed by atoms with Gasteiger partial charge in [-0.05, 0) is 24.6 Å². The van der Waals surface area contributed by atoms with Crippen molar-refractivity contribution in [1.82, 2.24) is 20.7 Å². The largest absolute Gasteiger partial charge is 0.297 e.